The largest absolute Gasteiger partial charge is 0.692 e. The van der Waals surface area contributed by atoms with Gasteiger partial charge in [0.25, 0.3) is 5.69 Å². The molecule has 0 bridgehead atoms. The van der Waals surface area contributed by atoms with Gasteiger partial charge in [0, 0.05) is 31.1 Å². The molecule has 0 aliphatic heterocycles. The zero-order valence-corrected chi connectivity index (χ0v) is 9.32. The topological polar surface area (TPSA) is 87.9 Å². The molecule has 7 nitrogen and oxygen atoms in total. The number of nitrogens with zero attached hydrogens (tertiary/aromatic N) is 4. The quantitative estimate of drug-likeness (QED) is 0.336. The number of nitro groups is 1. The number of hydrogen-bond acceptors (Lipinski definition) is 4. The van der Waals surface area contributed by atoms with Gasteiger partial charge in [0.2, 0.25) is 5.69 Å². The van der Waals surface area contributed by atoms with Crippen molar-refractivity contribution < 1.29 is 9.77 Å². The van der Waals surface area contributed by atoms with Gasteiger partial charge < -0.3 is 5.21 Å². The van der Waals surface area contributed by atoms with Gasteiger partial charge in [-0.2, -0.15) is 4.85 Å². The fourth-order valence-electron chi connectivity index (χ4n) is 1.41. The predicted molar refractivity (Wildman–Crippen MR) is 58.7 cm³/mol. The lowest BCUT2D eigenvalue weighted by molar-refractivity contribution is -0.694. The lowest BCUT2D eigenvalue weighted by Gasteiger charge is -2.03. The van der Waals surface area contributed by atoms with E-state index in [4.69, 9.17) is 0 Å². The van der Waals surface area contributed by atoms with Gasteiger partial charge in [-0.1, -0.05) is 0 Å². The summed E-state index contributed by atoms with van der Waals surface area (Å²) in [7, 11) is 0. The van der Waals surface area contributed by atoms with Crippen LogP contribution in [0.1, 0.15) is 11.4 Å². The van der Waals surface area contributed by atoms with Gasteiger partial charge in [-0.25, -0.2) is 0 Å². The molecule has 0 unspecified atom stereocenters. The molecule has 88 valence electrons. The Balaban J connectivity index is 2.47. The van der Waals surface area contributed by atoms with Crippen LogP contribution >= 0.6 is 0 Å². The van der Waals surface area contributed by atoms with E-state index >= 15 is 0 Å². The SMILES string of the molecule is Cc1nn(-c2ccc([N+](=O)[O-])cc2)[n+]([O-])c1C. The minimum atomic E-state index is -0.491. The van der Waals surface area contributed by atoms with Gasteiger partial charge in [-0.05, 0) is 16.9 Å². The maximum atomic E-state index is 11.7. The first-order valence-corrected chi connectivity index (χ1v) is 4.91. The Bertz CT molecular complexity index is 574. The van der Waals surface area contributed by atoms with Crippen LogP contribution < -0.4 is 4.85 Å². The number of hydrogen-bond donors (Lipinski definition) is 0. The first-order chi connectivity index (χ1) is 8.00. The molecule has 0 saturated carbocycles. The number of rotatable bonds is 2. The van der Waals surface area contributed by atoms with Crippen LogP contribution in [0, 0.1) is 29.2 Å². The Morgan fingerprint density at radius 3 is 2.29 bits per heavy atom. The van der Waals surface area contributed by atoms with Gasteiger partial charge in [0.1, 0.15) is 5.69 Å². The van der Waals surface area contributed by atoms with E-state index in [2.05, 4.69) is 5.10 Å². The van der Waals surface area contributed by atoms with E-state index in [1.54, 1.807) is 13.8 Å². The summed E-state index contributed by atoms with van der Waals surface area (Å²) >= 11 is 0. The van der Waals surface area contributed by atoms with Crippen molar-refractivity contribution in [1.29, 1.82) is 0 Å². The maximum Gasteiger partial charge on any atom is 0.269 e. The third-order valence-corrected chi connectivity index (χ3v) is 2.52. The van der Waals surface area contributed by atoms with Crippen molar-refractivity contribution >= 4 is 5.69 Å². The highest BCUT2D eigenvalue weighted by Crippen LogP contribution is 2.14. The van der Waals surface area contributed by atoms with Crippen molar-refractivity contribution in [2.24, 2.45) is 0 Å². The highest BCUT2D eigenvalue weighted by atomic mass is 16.6. The normalized spacial score (nSPS) is 10.5. The van der Waals surface area contributed by atoms with E-state index in [1.165, 1.54) is 24.3 Å². The molecule has 0 fully saturated rings. The third-order valence-electron chi connectivity index (χ3n) is 2.52. The van der Waals surface area contributed by atoms with E-state index in [-0.39, 0.29) is 5.69 Å². The predicted octanol–water partition coefficient (Wildman–Crippen LogP) is 1.03. The Morgan fingerprint density at radius 1 is 1.29 bits per heavy atom. The monoisotopic (exact) mass is 234 g/mol. The summed E-state index contributed by atoms with van der Waals surface area (Å²) in [6.45, 7) is 3.39. The molecule has 0 N–H and O–H groups in total. The number of aryl methyl sites for hydroxylation is 1. The third kappa shape index (κ3) is 1.82. The van der Waals surface area contributed by atoms with Gasteiger partial charge >= 0.3 is 0 Å². The van der Waals surface area contributed by atoms with Crippen LogP contribution in [-0.4, -0.2) is 14.8 Å². The van der Waals surface area contributed by atoms with Crippen molar-refractivity contribution in [3.05, 3.63) is 51.0 Å². The Labute approximate surface area is 96.6 Å². The number of nitro benzene ring substituents is 1. The first kappa shape index (κ1) is 11.1. The lowest BCUT2D eigenvalue weighted by atomic mass is 10.3. The van der Waals surface area contributed by atoms with Crippen LogP contribution in [0.25, 0.3) is 5.69 Å². The molecule has 2 aromatic rings. The second-order valence-corrected chi connectivity index (χ2v) is 3.61. The molecule has 0 spiro atoms. The maximum absolute atomic E-state index is 11.7. The van der Waals surface area contributed by atoms with Crippen LogP contribution in [0.2, 0.25) is 0 Å². The highest BCUT2D eigenvalue weighted by Gasteiger charge is 2.16. The average molecular weight is 234 g/mol. The number of benzene rings is 1. The highest BCUT2D eigenvalue weighted by molar-refractivity contribution is 5.39. The summed E-state index contributed by atoms with van der Waals surface area (Å²) in [5, 5.41) is 26.2. The van der Waals surface area contributed by atoms with Crippen molar-refractivity contribution in [2.75, 3.05) is 0 Å². The number of aromatic nitrogens is 3. The van der Waals surface area contributed by atoms with Gasteiger partial charge in [-0.3, -0.25) is 10.1 Å². The zero-order chi connectivity index (χ0) is 12.6. The zero-order valence-electron chi connectivity index (χ0n) is 9.32. The fraction of sp³-hybridized carbons (Fsp3) is 0.200. The molecule has 0 atom stereocenters. The molecule has 1 aromatic heterocycles. The summed E-state index contributed by atoms with van der Waals surface area (Å²) in [4.78, 5) is 11.8. The summed E-state index contributed by atoms with van der Waals surface area (Å²) < 4.78 is 0. The molecule has 0 amide bonds. The minimum absolute atomic E-state index is 0.0215. The minimum Gasteiger partial charge on any atom is -0.692 e. The van der Waals surface area contributed by atoms with Crippen LogP contribution in [0.15, 0.2) is 24.3 Å². The Morgan fingerprint density at radius 2 is 1.88 bits per heavy atom. The molecule has 0 radical (unpaired) electrons. The molecule has 1 heterocycles. The fourth-order valence-corrected chi connectivity index (χ4v) is 1.41. The van der Waals surface area contributed by atoms with Crippen molar-refractivity contribution in [2.45, 2.75) is 13.8 Å². The summed E-state index contributed by atoms with van der Waals surface area (Å²) in [6, 6.07) is 5.64. The standard InChI is InChI=1S/C10H10N4O3/c1-7-8(2)13(15)12(11-7)9-3-5-10(6-4-9)14(16)17/h3-6H,1-2H3. The molecule has 1 aromatic carbocycles. The average Bonchev–Trinajstić information content (AvgIpc) is 2.57. The van der Waals surface area contributed by atoms with Crippen LogP contribution in [0.5, 0.6) is 0 Å². The molecule has 2 rings (SSSR count). The molecular formula is C10H10N4O3. The van der Waals surface area contributed by atoms with E-state index in [0.717, 1.165) is 4.80 Å². The summed E-state index contributed by atoms with van der Waals surface area (Å²) in [6.07, 6.45) is 0. The first-order valence-electron chi connectivity index (χ1n) is 4.91. The lowest BCUT2D eigenvalue weighted by Crippen LogP contribution is -2.39. The van der Waals surface area contributed by atoms with Gasteiger partial charge in [0.05, 0.1) is 4.92 Å². The Hall–Kier alpha value is -2.44. The Kier molecular flexibility index (Phi) is 2.51. The van der Waals surface area contributed by atoms with Gasteiger partial charge in [-0.15, -0.1) is 0 Å². The van der Waals surface area contributed by atoms with E-state index < -0.39 is 4.92 Å². The molecule has 7 heteroatoms. The number of non-ortho nitro benzene ring substituents is 1. The summed E-state index contributed by atoms with van der Waals surface area (Å²) in [5.41, 5.74) is 1.59. The van der Waals surface area contributed by atoms with Crippen LogP contribution in [0.4, 0.5) is 5.69 Å². The molecule has 17 heavy (non-hydrogen) atoms. The van der Waals surface area contributed by atoms with Crippen molar-refractivity contribution in [3.8, 4) is 5.69 Å². The van der Waals surface area contributed by atoms with Crippen LogP contribution in [0.3, 0.4) is 0 Å². The van der Waals surface area contributed by atoms with Gasteiger partial charge in [0.15, 0.2) is 5.69 Å². The second kappa shape index (κ2) is 3.85. The summed E-state index contributed by atoms with van der Waals surface area (Å²) in [5.74, 6) is 0. The smallest absolute Gasteiger partial charge is 0.269 e. The van der Waals surface area contributed by atoms with E-state index in [0.29, 0.717) is 21.9 Å². The van der Waals surface area contributed by atoms with E-state index in [1.807, 2.05) is 0 Å². The van der Waals surface area contributed by atoms with Crippen molar-refractivity contribution in [1.82, 2.24) is 9.90 Å². The second-order valence-electron chi connectivity index (χ2n) is 3.61. The molecule has 0 aliphatic rings. The van der Waals surface area contributed by atoms with E-state index in [9.17, 15) is 15.3 Å². The molecular weight excluding hydrogens is 224 g/mol. The molecule has 0 saturated heterocycles. The molecule has 0 aliphatic carbocycles. The van der Waals surface area contributed by atoms with Crippen molar-refractivity contribution in [3.63, 3.8) is 0 Å². The van der Waals surface area contributed by atoms with Crippen LogP contribution in [-0.2, 0) is 0 Å².